The summed E-state index contributed by atoms with van der Waals surface area (Å²) in [6, 6.07) is 14.5. The Hall–Kier alpha value is -3.07. The predicted molar refractivity (Wildman–Crippen MR) is 125 cm³/mol. The van der Waals surface area contributed by atoms with Gasteiger partial charge in [0, 0.05) is 16.3 Å². The van der Waals surface area contributed by atoms with E-state index in [1.54, 1.807) is 12.1 Å². The van der Waals surface area contributed by atoms with Gasteiger partial charge in [0.1, 0.15) is 5.75 Å². The topological polar surface area (TPSA) is 102 Å². The van der Waals surface area contributed by atoms with E-state index >= 15 is 0 Å². The molecule has 0 unspecified atom stereocenters. The molecule has 3 rings (SSSR count). The first-order chi connectivity index (χ1) is 15.1. The highest BCUT2D eigenvalue weighted by atomic mass is 35.5. The number of carbonyl (C=O) groups is 2. The minimum absolute atomic E-state index is 0.121. The van der Waals surface area contributed by atoms with Gasteiger partial charge in [-0.25, -0.2) is 8.42 Å². The van der Waals surface area contributed by atoms with Crippen molar-refractivity contribution in [2.45, 2.75) is 11.8 Å². The Morgan fingerprint density at radius 2 is 1.72 bits per heavy atom. The van der Waals surface area contributed by atoms with Gasteiger partial charge >= 0.3 is 0 Å². The molecule has 0 aliphatic rings. The third-order valence-corrected chi connectivity index (χ3v) is 6.35. The molecule has 1 amide bonds. The van der Waals surface area contributed by atoms with Gasteiger partial charge in [-0.1, -0.05) is 35.3 Å². The summed E-state index contributed by atoms with van der Waals surface area (Å²) >= 11 is 12.0. The molecular weight excluding hydrogens is 475 g/mol. The number of carbonyl (C=O) groups excluding carboxylic acids is 2. The number of methoxy groups -OCH3 is 1. The molecule has 0 fully saturated rings. The van der Waals surface area contributed by atoms with Crippen molar-refractivity contribution < 1.29 is 22.7 Å². The third-order valence-electron chi connectivity index (χ3n) is 4.43. The fourth-order valence-electron chi connectivity index (χ4n) is 2.83. The van der Waals surface area contributed by atoms with Crippen molar-refractivity contribution in [1.82, 2.24) is 0 Å². The summed E-state index contributed by atoms with van der Waals surface area (Å²) in [6.07, 6.45) is 0. The van der Waals surface area contributed by atoms with Gasteiger partial charge in [0.2, 0.25) is 0 Å². The lowest BCUT2D eigenvalue weighted by Crippen LogP contribution is -2.16. The van der Waals surface area contributed by atoms with Crippen LogP contribution in [0.25, 0.3) is 0 Å². The average molecular weight is 493 g/mol. The van der Waals surface area contributed by atoms with E-state index < -0.39 is 15.9 Å². The summed E-state index contributed by atoms with van der Waals surface area (Å²) < 4.78 is 33.5. The molecule has 0 aromatic heterocycles. The number of ketones is 1. The van der Waals surface area contributed by atoms with Crippen LogP contribution in [0.1, 0.15) is 27.6 Å². The van der Waals surface area contributed by atoms with Gasteiger partial charge in [0.05, 0.1) is 28.3 Å². The Morgan fingerprint density at radius 3 is 2.38 bits per heavy atom. The molecule has 0 saturated heterocycles. The van der Waals surface area contributed by atoms with Crippen molar-refractivity contribution in [1.29, 1.82) is 0 Å². The van der Waals surface area contributed by atoms with E-state index in [0.29, 0.717) is 10.6 Å². The number of ether oxygens (including phenoxy) is 1. The first-order valence-electron chi connectivity index (χ1n) is 9.19. The highest BCUT2D eigenvalue weighted by Crippen LogP contribution is 2.30. The second-order valence-corrected chi connectivity index (χ2v) is 9.21. The number of Topliss-reactive ketones (excluding diaryl/α,β-unsaturated/α-hetero) is 1. The van der Waals surface area contributed by atoms with Gasteiger partial charge in [-0.3, -0.25) is 14.3 Å². The van der Waals surface area contributed by atoms with Gasteiger partial charge in [-0.15, -0.1) is 0 Å². The number of hydrogen-bond acceptors (Lipinski definition) is 5. The first kappa shape index (κ1) is 23.6. The maximum Gasteiger partial charge on any atom is 0.261 e. The monoisotopic (exact) mass is 492 g/mol. The molecule has 0 heterocycles. The van der Waals surface area contributed by atoms with Crippen LogP contribution in [-0.2, 0) is 10.0 Å². The Morgan fingerprint density at radius 1 is 0.969 bits per heavy atom. The molecule has 0 aliphatic heterocycles. The fourth-order valence-corrected chi connectivity index (χ4v) is 4.40. The van der Waals surface area contributed by atoms with Crippen molar-refractivity contribution in [3.63, 3.8) is 0 Å². The van der Waals surface area contributed by atoms with Crippen LogP contribution in [0.3, 0.4) is 0 Å². The zero-order valence-electron chi connectivity index (χ0n) is 17.0. The summed E-state index contributed by atoms with van der Waals surface area (Å²) in [7, 11) is -2.64. The van der Waals surface area contributed by atoms with Crippen molar-refractivity contribution in [2.24, 2.45) is 0 Å². The van der Waals surface area contributed by atoms with Crippen LogP contribution in [0.2, 0.25) is 10.0 Å². The largest absolute Gasteiger partial charge is 0.495 e. The molecule has 7 nitrogen and oxygen atoms in total. The lowest BCUT2D eigenvalue weighted by atomic mass is 10.1. The number of nitrogens with one attached hydrogen (secondary N) is 2. The minimum atomic E-state index is -4.03. The van der Waals surface area contributed by atoms with E-state index in [4.69, 9.17) is 27.9 Å². The smallest absolute Gasteiger partial charge is 0.261 e. The highest BCUT2D eigenvalue weighted by Gasteiger charge is 2.19. The Kier molecular flexibility index (Phi) is 7.08. The molecule has 0 radical (unpaired) electrons. The normalized spacial score (nSPS) is 11.0. The maximum absolute atomic E-state index is 12.9. The summed E-state index contributed by atoms with van der Waals surface area (Å²) in [5.41, 5.74) is 0.884. The van der Waals surface area contributed by atoms with Crippen molar-refractivity contribution in [3.05, 3.63) is 81.8 Å². The third kappa shape index (κ3) is 5.40. The Balaban J connectivity index is 1.92. The van der Waals surface area contributed by atoms with Crippen LogP contribution in [0.15, 0.2) is 65.6 Å². The molecule has 3 aromatic rings. The van der Waals surface area contributed by atoms with Crippen LogP contribution < -0.4 is 14.8 Å². The first-order valence-corrected chi connectivity index (χ1v) is 11.4. The molecule has 3 aromatic carbocycles. The number of hydrogen-bond donors (Lipinski definition) is 2. The zero-order chi connectivity index (χ0) is 23.5. The molecule has 0 bridgehead atoms. The van der Waals surface area contributed by atoms with Crippen LogP contribution in [-0.4, -0.2) is 27.2 Å². The number of benzene rings is 3. The van der Waals surface area contributed by atoms with Crippen molar-refractivity contribution in [2.75, 3.05) is 17.1 Å². The van der Waals surface area contributed by atoms with E-state index in [-0.39, 0.29) is 38.4 Å². The number of anilines is 2. The van der Waals surface area contributed by atoms with E-state index in [1.165, 1.54) is 62.6 Å². The van der Waals surface area contributed by atoms with E-state index in [0.717, 1.165) is 0 Å². The lowest BCUT2D eigenvalue weighted by Gasteiger charge is -2.14. The maximum atomic E-state index is 12.9. The van der Waals surface area contributed by atoms with Crippen LogP contribution in [0.4, 0.5) is 11.4 Å². The molecule has 10 heteroatoms. The van der Waals surface area contributed by atoms with Crippen molar-refractivity contribution >= 4 is 56.3 Å². The highest BCUT2D eigenvalue weighted by molar-refractivity contribution is 7.92. The SMILES string of the molecule is COc1ccc(S(=O)(=O)Nc2cccc(C(C)=O)c2)cc1NC(=O)c1ccc(Cl)cc1Cl. The molecule has 0 aliphatic carbocycles. The lowest BCUT2D eigenvalue weighted by molar-refractivity contribution is 0.101. The van der Waals surface area contributed by atoms with E-state index in [1.807, 2.05) is 0 Å². The quantitative estimate of drug-likeness (QED) is 0.438. The van der Waals surface area contributed by atoms with Crippen molar-refractivity contribution in [3.8, 4) is 5.75 Å². The molecule has 32 heavy (non-hydrogen) atoms. The van der Waals surface area contributed by atoms with Crippen LogP contribution >= 0.6 is 23.2 Å². The summed E-state index contributed by atoms with van der Waals surface area (Å²) in [5, 5.41) is 3.13. The summed E-state index contributed by atoms with van der Waals surface area (Å²) in [6.45, 7) is 1.39. The van der Waals surface area contributed by atoms with Gasteiger partial charge in [-0.2, -0.15) is 0 Å². The minimum Gasteiger partial charge on any atom is -0.495 e. The fraction of sp³-hybridized carbons (Fsp3) is 0.0909. The average Bonchev–Trinajstić information content (AvgIpc) is 2.73. The second-order valence-electron chi connectivity index (χ2n) is 6.68. The second kappa shape index (κ2) is 9.60. The molecular formula is C22H18Cl2N2O5S. The zero-order valence-corrected chi connectivity index (χ0v) is 19.3. The van der Waals surface area contributed by atoms with E-state index in [9.17, 15) is 18.0 Å². The molecule has 0 spiro atoms. The van der Waals surface area contributed by atoms with Gasteiger partial charge in [0.15, 0.2) is 5.78 Å². The predicted octanol–water partition coefficient (Wildman–Crippen LogP) is 5.26. The number of amides is 1. The van der Waals surface area contributed by atoms with Gasteiger partial charge in [-0.05, 0) is 55.5 Å². The van der Waals surface area contributed by atoms with Crippen LogP contribution in [0.5, 0.6) is 5.75 Å². The van der Waals surface area contributed by atoms with E-state index in [2.05, 4.69) is 10.0 Å². The Bertz CT molecular complexity index is 1310. The van der Waals surface area contributed by atoms with Crippen LogP contribution in [0, 0.1) is 0 Å². The number of halogens is 2. The standard InChI is InChI=1S/C22H18Cl2N2O5S/c1-13(27)14-4-3-5-16(10-14)26-32(29,30)17-7-9-21(31-2)20(12-17)25-22(28)18-8-6-15(23)11-19(18)24/h3-12,26H,1-2H3,(H,25,28). The molecule has 166 valence electrons. The number of sulfonamides is 1. The molecule has 0 atom stereocenters. The molecule has 2 N–H and O–H groups in total. The summed E-state index contributed by atoms with van der Waals surface area (Å²) in [5.74, 6) is -0.510. The summed E-state index contributed by atoms with van der Waals surface area (Å²) in [4.78, 5) is 24.1. The van der Waals surface area contributed by atoms with Gasteiger partial charge in [0.25, 0.3) is 15.9 Å². The number of rotatable bonds is 7. The van der Waals surface area contributed by atoms with Gasteiger partial charge < -0.3 is 10.1 Å². The molecule has 0 saturated carbocycles. The Labute approximate surface area is 195 Å².